The SMILES string of the molecule is CC(C)C(=O)N1CCC[C@@H](c2nc(N(C)C)ncc2-c2ccc(C(N)=O)cc2)C1. The number of nitrogens with zero attached hydrogens (tertiary/aromatic N) is 4. The van der Waals surface area contributed by atoms with Gasteiger partial charge in [0.05, 0.1) is 5.69 Å². The van der Waals surface area contributed by atoms with Crippen molar-refractivity contribution in [1.82, 2.24) is 14.9 Å². The molecule has 1 atom stereocenters. The number of piperidine rings is 1. The van der Waals surface area contributed by atoms with Gasteiger partial charge in [0, 0.05) is 56.3 Å². The lowest BCUT2D eigenvalue weighted by Crippen LogP contribution is -2.41. The number of carbonyl (C=O) groups excluding carboxylic acids is 2. The molecule has 3 rings (SSSR count). The van der Waals surface area contributed by atoms with Gasteiger partial charge in [0.25, 0.3) is 0 Å². The summed E-state index contributed by atoms with van der Waals surface area (Å²) < 4.78 is 0. The monoisotopic (exact) mass is 395 g/mol. The molecule has 0 spiro atoms. The van der Waals surface area contributed by atoms with Crippen molar-refractivity contribution < 1.29 is 9.59 Å². The van der Waals surface area contributed by atoms with E-state index in [4.69, 9.17) is 10.7 Å². The number of amides is 2. The number of rotatable bonds is 5. The molecule has 0 bridgehead atoms. The van der Waals surface area contributed by atoms with Crippen LogP contribution in [0.25, 0.3) is 11.1 Å². The molecule has 0 unspecified atom stereocenters. The molecule has 1 saturated heterocycles. The summed E-state index contributed by atoms with van der Waals surface area (Å²) in [6.45, 7) is 5.33. The summed E-state index contributed by atoms with van der Waals surface area (Å²) in [4.78, 5) is 37.1. The molecule has 1 aliphatic rings. The molecule has 1 aliphatic heterocycles. The number of aromatic nitrogens is 2. The largest absolute Gasteiger partial charge is 0.366 e. The Morgan fingerprint density at radius 2 is 1.90 bits per heavy atom. The molecule has 2 heterocycles. The average Bonchev–Trinajstić information content (AvgIpc) is 2.72. The molecule has 154 valence electrons. The van der Waals surface area contributed by atoms with Gasteiger partial charge < -0.3 is 15.5 Å². The van der Waals surface area contributed by atoms with E-state index < -0.39 is 5.91 Å². The minimum absolute atomic E-state index is 0.0164. The van der Waals surface area contributed by atoms with E-state index >= 15 is 0 Å². The van der Waals surface area contributed by atoms with Gasteiger partial charge in [-0.25, -0.2) is 9.97 Å². The third-order valence-corrected chi connectivity index (χ3v) is 5.30. The number of nitrogens with two attached hydrogens (primary N) is 1. The van der Waals surface area contributed by atoms with E-state index in [1.807, 2.05) is 56.1 Å². The normalized spacial score (nSPS) is 16.7. The van der Waals surface area contributed by atoms with Crippen molar-refractivity contribution >= 4 is 17.8 Å². The number of benzene rings is 1. The first-order chi connectivity index (χ1) is 13.8. The fourth-order valence-electron chi connectivity index (χ4n) is 3.71. The zero-order chi connectivity index (χ0) is 21.1. The number of anilines is 1. The maximum Gasteiger partial charge on any atom is 0.248 e. The minimum Gasteiger partial charge on any atom is -0.366 e. The Hall–Kier alpha value is -2.96. The topological polar surface area (TPSA) is 92.4 Å². The summed E-state index contributed by atoms with van der Waals surface area (Å²) in [5.74, 6) is 0.496. The Balaban J connectivity index is 2.00. The van der Waals surface area contributed by atoms with Gasteiger partial charge in [0.2, 0.25) is 17.8 Å². The van der Waals surface area contributed by atoms with Crippen molar-refractivity contribution in [3.8, 4) is 11.1 Å². The van der Waals surface area contributed by atoms with Gasteiger partial charge in [-0.05, 0) is 30.5 Å². The molecule has 0 radical (unpaired) electrons. The first kappa shape index (κ1) is 20.8. The zero-order valence-corrected chi connectivity index (χ0v) is 17.6. The fraction of sp³-hybridized carbons (Fsp3) is 0.455. The number of carbonyl (C=O) groups is 2. The summed E-state index contributed by atoms with van der Waals surface area (Å²) in [6.07, 6.45) is 3.75. The number of primary amides is 1. The quantitative estimate of drug-likeness (QED) is 0.840. The second-order valence-electron chi connectivity index (χ2n) is 8.08. The van der Waals surface area contributed by atoms with Crippen LogP contribution in [-0.4, -0.2) is 53.9 Å². The third-order valence-electron chi connectivity index (χ3n) is 5.30. The van der Waals surface area contributed by atoms with Crippen molar-refractivity contribution in [2.75, 3.05) is 32.1 Å². The van der Waals surface area contributed by atoms with Crippen LogP contribution in [0.1, 0.15) is 48.7 Å². The summed E-state index contributed by atoms with van der Waals surface area (Å²) in [5.41, 5.74) is 8.63. The van der Waals surface area contributed by atoms with E-state index in [1.165, 1.54) is 0 Å². The molecular weight excluding hydrogens is 366 g/mol. The molecular formula is C22H29N5O2. The molecule has 1 fully saturated rings. The van der Waals surface area contributed by atoms with Crippen LogP contribution in [-0.2, 0) is 4.79 Å². The van der Waals surface area contributed by atoms with Gasteiger partial charge in [0.15, 0.2) is 0 Å². The molecule has 1 aromatic carbocycles. The van der Waals surface area contributed by atoms with E-state index in [1.54, 1.807) is 12.1 Å². The lowest BCUT2D eigenvalue weighted by molar-refractivity contribution is -0.135. The number of likely N-dealkylation sites (tertiary alicyclic amines) is 1. The number of hydrogen-bond acceptors (Lipinski definition) is 5. The van der Waals surface area contributed by atoms with Gasteiger partial charge in [-0.3, -0.25) is 9.59 Å². The Bertz CT molecular complexity index is 893. The van der Waals surface area contributed by atoms with E-state index in [0.717, 1.165) is 36.2 Å². The van der Waals surface area contributed by atoms with Crippen molar-refractivity contribution in [3.05, 3.63) is 41.7 Å². The highest BCUT2D eigenvalue weighted by Gasteiger charge is 2.29. The highest BCUT2D eigenvalue weighted by Crippen LogP contribution is 2.34. The van der Waals surface area contributed by atoms with Crippen LogP contribution in [0.5, 0.6) is 0 Å². The Morgan fingerprint density at radius 3 is 2.48 bits per heavy atom. The van der Waals surface area contributed by atoms with Crippen LogP contribution in [0.2, 0.25) is 0 Å². The van der Waals surface area contributed by atoms with Gasteiger partial charge in [-0.2, -0.15) is 0 Å². The Kier molecular flexibility index (Phi) is 6.15. The van der Waals surface area contributed by atoms with E-state index in [-0.39, 0.29) is 17.7 Å². The van der Waals surface area contributed by atoms with Crippen LogP contribution in [0, 0.1) is 5.92 Å². The average molecular weight is 396 g/mol. The minimum atomic E-state index is -0.453. The molecule has 2 aromatic rings. The molecule has 1 aromatic heterocycles. The summed E-state index contributed by atoms with van der Waals surface area (Å²) >= 11 is 0. The second kappa shape index (κ2) is 8.59. The van der Waals surface area contributed by atoms with Crippen LogP contribution in [0.3, 0.4) is 0 Å². The van der Waals surface area contributed by atoms with Crippen LogP contribution >= 0.6 is 0 Å². The lowest BCUT2D eigenvalue weighted by atomic mass is 9.89. The Morgan fingerprint density at radius 1 is 1.21 bits per heavy atom. The molecule has 0 aliphatic carbocycles. The van der Waals surface area contributed by atoms with E-state index in [0.29, 0.717) is 18.1 Å². The highest BCUT2D eigenvalue weighted by molar-refractivity contribution is 5.93. The van der Waals surface area contributed by atoms with Crippen LogP contribution in [0.15, 0.2) is 30.5 Å². The molecule has 29 heavy (non-hydrogen) atoms. The van der Waals surface area contributed by atoms with Crippen molar-refractivity contribution in [1.29, 1.82) is 0 Å². The van der Waals surface area contributed by atoms with Gasteiger partial charge in [0.1, 0.15) is 0 Å². The first-order valence-electron chi connectivity index (χ1n) is 10.0. The fourth-order valence-corrected chi connectivity index (χ4v) is 3.71. The predicted octanol–water partition coefficient (Wildman–Crippen LogP) is 2.67. The van der Waals surface area contributed by atoms with Crippen molar-refractivity contribution in [3.63, 3.8) is 0 Å². The summed E-state index contributed by atoms with van der Waals surface area (Å²) in [5, 5.41) is 0. The van der Waals surface area contributed by atoms with E-state index in [9.17, 15) is 9.59 Å². The van der Waals surface area contributed by atoms with E-state index in [2.05, 4.69) is 4.98 Å². The molecule has 7 heteroatoms. The molecule has 2 amide bonds. The maximum atomic E-state index is 12.5. The van der Waals surface area contributed by atoms with Crippen molar-refractivity contribution in [2.45, 2.75) is 32.6 Å². The summed E-state index contributed by atoms with van der Waals surface area (Å²) in [6, 6.07) is 7.18. The number of hydrogen-bond donors (Lipinski definition) is 1. The van der Waals surface area contributed by atoms with Crippen LogP contribution in [0.4, 0.5) is 5.95 Å². The summed E-state index contributed by atoms with van der Waals surface area (Å²) in [7, 11) is 3.83. The molecule has 2 N–H and O–H groups in total. The third kappa shape index (κ3) is 4.55. The predicted molar refractivity (Wildman–Crippen MR) is 114 cm³/mol. The van der Waals surface area contributed by atoms with Crippen molar-refractivity contribution in [2.24, 2.45) is 11.7 Å². The van der Waals surface area contributed by atoms with Crippen LogP contribution < -0.4 is 10.6 Å². The highest BCUT2D eigenvalue weighted by atomic mass is 16.2. The van der Waals surface area contributed by atoms with Gasteiger partial charge in [-0.15, -0.1) is 0 Å². The second-order valence-corrected chi connectivity index (χ2v) is 8.08. The maximum absolute atomic E-state index is 12.5. The standard InChI is InChI=1S/C22H29N5O2/c1-14(2)21(29)27-11-5-6-17(13-27)19-18(12-24-22(25-19)26(3)4)15-7-9-16(10-8-15)20(23)28/h7-10,12,14,17H,5-6,11,13H2,1-4H3,(H2,23,28)/t17-/m1/s1. The zero-order valence-electron chi connectivity index (χ0n) is 17.6. The molecule has 0 saturated carbocycles. The smallest absolute Gasteiger partial charge is 0.248 e. The lowest BCUT2D eigenvalue weighted by Gasteiger charge is -2.34. The first-order valence-corrected chi connectivity index (χ1v) is 10.0. The van der Waals surface area contributed by atoms with Gasteiger partial charge in [-0.1, -0.05) is 26.0 Å². The van der Waals surface area contributed by atoms with Gasteiger partial charge >= 0.3 is 0 Å². The Labute approximate surface area is 171 Å². The molecule has 7 nitrogen and oxygen atoms in total.